The van der Waals surface area contributed by atoms with Crippen molar-refractivity contribution in [2.24, 2.45) is 4.99 Å². The van der Waals surface area contributed by atoms with E-state index >= 15 is 0 Å². The molecule has 0 amide bonds. The molecule has 0 atom stereocenters. The quantitative estimate of drug-likeness (QED) is 0.405. The van der Waals surface area contributed by atoms with E-state index in [0.717, 1.165) is 19.0 Å². The minimum Gasteiger partial charge on any atom is -0.356 e. The molecule has 0 unspecified atom stereocenters. The van der Waals surface area contributed by atoms with Gasteiger partial charge >= 0.3 is 0 Å². The average Bonchev–Trinajstić information content (AvgIpc) is 2.48. The SMILES string of the molecule is CN=C(NCC(C)(C)SC)NCC(C)(C)c1ccccc1.I. The molecule has 0 spiro atoms. The second-order valence-corrected chi connectivity index (χ2v) is 8.01. The van der Waals surface area contributed by atoms with Crippen LogP contribution in [0.25, 0.3) is 0 Å². The highest BCUT2D eigenvalue weighted by Gasteiger charge is 2.21. The fourth-order valence-corrected chi connectivity index (χ4v) is 2.10. The first-order valence-corrected chi connectivity index (χ1v) is 8.58. The number of hydrogen-bond donors (Lipinski definition) is 2. The number of halogens is 1. The van der Waals surface area contributed by atoms with Crippen LogP contribution < -0.4 is 10.6 Å². The first-order chi connectivity index (χ1) is 9.80. The molecule has 0 bridgehead atoms. The fourth-order valence-electron chi connectivity index (χ4n) is 1.89. The molecule has 126 valence electrons. The molecule has 0 aliphatic carbocycles. The van der Waals surface area contributed by atoms with Crippen LogP contribution in [0.3, 0.4) is 0 Å². The number of benzene rings is 1. The van der Waals surface area contributed by atoms with Crippen molar-refractivity contribution in [3.8, 4) is 0 Å². The number of nitrogens with one attached hydrogen (secondary N) is 2. The summed E-state index contributed by atoms with van der Waals surface area (Å²) in [5, 5.41) is 6.84. The minimum atomic E-state index is 0. The van der Waals surface area contributed by atoms with E-state index in [4.69, 9.17) is 0 Å². The van der Waals surface area contributed by atoms with Crippen LogP contribution in [0.2, 0.25) is 0 Å². The minimum absolute atomic E-state index is 0. The standard InChI is InChI=1S/C17H29N3S.HI/c1-16(2,14-10-8-7-9-11-14)12-19-15(18-5)20-13-17(3,4)21-6;/h7-11H,12-13H2,1-6H3,(H2,18,19,20);1H. The van der Waals surface area contributed by atoms with E-state index in [1.165, 1.54) is 5.56 Å². The fraction of sp³-hybridized carbons (Fsp3) is 0.588. The van der Waals surface area contributed by atoms with Crippen molar-refractivity contribution in [2.75, 3.05) is 26.4 Å². The van der Waals surface area contributed by atoms with Crippen molar-refractivity contribution in [3.63, 3.8) is 0 Å². The van der Waals surface area contributed by atoms with Crippen molar-refractivity contribution < 1.29 is 0 Å². The molecule has 1 aromatic rings. The number of hydrogen-bond acceptors (Lipinski definition) is 2. The molecule has 1 rings (SSSR count). The molecular weight excluding hydrogens is 405 g/mol. The highest BCUT2D eigenvalue weighted by molar-refractivity contribution is 14.0. The Morgan fingerprint density at radius 3 is 2.09 bits per heavy atom. The predicted molar refractivity (Wildman–Crippen MR) is 112 cm³/mol. The molecule has 2 N–H and O–H groups in total. The van der Waals surface area contributed by atoms with Gasteiger partial charge < -0.3 is 10.6 Å². The van der Waals surface area contributed by atoms with Crippen LogP contribution in [-0.4, -0.2) is 37.1 Å². The van der Waals surface area contributed by atoms with E-state index in [1.54, 1.807) is 0 Å². The second kappa shape index (κ2) is 9.65. The maximum Gasteiger partial charge on any atom is 0.191 e. The highest BCUT2D eigenvalue weighted by atomic mass is 127. The van der Waals surface area contributed by atoms with E-state index in [2.05, 4.69) is 79.9 Å². The molecule has 0 saturated heterocycles. The van der Waals surface area contributed by atoms with Gasteiger partial charge in [-0.05, 0) is 25.7 Å². The Morgan fingerprint density at radius 2 is 1.59 bits per heavy atom. The molecule has 3 nitrogen and oxygen atoms in total. The van der Waals surface area contributed by atoms with Gasteiger partial charge in [0.05, 0.1) is 0 Å². The maximum absolute atomic E-state index is 4.31. The van der Waals surface area contributed by atoms with Crippen LogP contribution >= 0.6 is 35.7 Å². The largest absolute Gasteiger partial charge is 0.356 e. The Bertz CT molecular complexity index is 458. The first-order valence-electron chi connectivity index (χ1n) is 7.36. The number of thioether (sulfide) groups is 1. The first kappa shape index (κ1) is 21.6. The molecule has 0 saturated carbocycles. The van der Waals surface area contributed by atoms with E-state index in [9.17, 15) is 0 Å². The van der Waals surface area contributed by atoms with Gasteiger partial charge in [-0.2, -0.15) is 11.8 Å². The monoisotopic (exact) mass is 435 g/mol. The van der Waals surface area contributed by atoms with Gasteiger partial charge in [0.25, 0.3) is 0 Å². The summed E-state index contributed by atoms with van der Waals surface area (Å²) in [4.78, 5) is 4.31. The lowest BCUT2D eigenvalue weighted by atomic mass is 9.85. The van der Waals surface area contributed by atoms with Crippen LogP contribution in [0.4, 0.5) is 0 Å². The van der Waals surface area contributed by atoms with Crippen LogP contribution in [0.1, 0.15) is 33.3 Å². The number of aliphatic imine (C=N–C) groups is 1. The molecule has 1 aromatic carbocycles. The number of guanidine groups is 1. The van der Waals surface area contributed by atoms with Gasteiger partial charge in [0, 0.05) is 30.3 Å². The van der Waals surface area contributed by atoms with E-state index in [0.29, 0.717) is 0 Å². The third-order valence-corrected chi connectivity index (χ3v) is 4.96. The van der Waals surface area contributed by atoms with E-state index in [1.807, 2.05) is 18.8 Å². The van der Waals surface area contributed by atoms with Gasteiger partial charge in [-0.25, -0.2) is 0 Å². The summed E-state index contributed by atoms with van der Waals surface area (Å²) in [5.41, 5.74) is 1.39. The van der Waals surface area contributed by atoms with Crippen molar-refractivity contribution >= 4 is 41.7 Å². The number of nitrogens with zero attached hydrogens (tertiary/aromatic N) is 1. The Morgan fingerprint density at radius 1 is 1.05 bits per heavy atom. The number of rotatable bonds is 6. The topological polar surface area (TPSA) is 36.4 Å². The molecule has 0 heterocycles. The van der Waals surface area contributed by atoms with Gasteiger partial charge in [-0.1, -0.05) is 44.2 Å². The van der Waals surface area contributed by atoms with E-state index in [-0.39, 0.29) is 34.1 Å². The second-order valence-electron chi connectivity index (χ2n) is 6.49. The summed E-state index contributed by atoms with van der Waals surface area (Å²) < 4.78 is 0.201. The van der Waals surface area contributed by atoms with Crippen molar-refractivity contribution in [3.05, 3.63) is 35.9 Å². The molecule has 0 aromatic heterocycles. The molecular formula is C17H30IN3S. The summed E-state index contributed by atoms with van der Waals surface area (Å²) in [6.07, 6.45) is 2.14. The molecule has 0 radical (unpaired) electrons. The van der Waals surface area contributed by atoms with E-state index < -0.39 is 0 Å². The molecule has 0 fully saturated rings. The van der Waals surface area contributed by atoms with Crippen molar-refractivity contribution in [1.82, 2.24) is 10.6 Å². The third kappa shape index (κ3) is 7.22. The smallest absolute Gasteiger partial charge is 0.191 e. The van der Waals surface area contributed by atoms with Crippen molar-refractivity contribution in [1.29, 1.82) is 0 Å². The normalized spacial score (nSPS) is 12.5. The van der Waals surface area contributed by atoms with Gasteiger partial charge in [0.15, 0.2) is 5.96 Å². The van der Waals surface area contributed by atoms with Crippen LogP contribution in [-0.2, 0) is 5.41 Å². The lowest BCUT2D eigenvalue weighted by molar-refractivity contribution is 0.507. The Labute approximate surface area is 157 Å². The molecule has 5 heteroatoms. The summed E-state index contributed by atoms with van der Waals surface area (Å²) in [6, 6.07) is 10.6. The third-order valence-electron chi connectivity index (χ3n) is 3.71. The van der Waals surface area contributed by atoms with Crippen LogP contribution in [0.5, 0.6) is 0 Å². The molecule has 22 heavy (non-hydrogen) atoms. The average molecular weight is 435 g/mol. The maximum atomic E-state index is 4.31. The summed E-state index contributed by atoms with van der Waals surface area (Å²) in [5.74, 6) is 0.862. The van der Waals surface area contributed by atoms with Gasteiger partial charge in [0.1, 0.15) is 0 Å². The lowest BCUT2D eigenvalue weighted by Crippen LogP contribution is -2.46. The zero-order valence-electron chi connectivity index (χ0n) is 14.6. The summed E-state index contributed by atoms with van der Waals surface area (Å²) >= 11 is 1.85. The van der Waals surface area contributed by atoms with Gasteiger partial charge in [-0.3, -0.25) is 4.99 Å². The molecule has 0 aliphatic heterocycles. The lowest BCUT2D eigenvalue weighted by Gasteiger charge is -2.28. The Balaban J connectivity index is 0.00000441. The predicted octanol–water partition coefficient (Wildman–Crippen LogP) is 3.89. The Kier molecular flexibility index (Phi) is 9.46. The zero-order chi connectivity index (χ0) is 15.9. The van der Waals surface area contributed by atoms with Gasteiger partial charge in [0.2, 0.25) is 0 Å². The van der Waals surface area contributed by atoms with Crippen molar-refractivity contribution in [2.45, 2.75) is 37.9 Å². The van der Waals surface area contributed by atoms with Gasteiger partial charge in [-0.15, -0.1) is 24.0 Å². The Hall–Kier alpha value is -0.430. The summed E-state index contributed by atoms with van der Waals surface area (Å²) in [6.45, 7) is 10.7. The zero-order valence-corrected chi connectivity index (χ0v) is 17.7. The highest BCUT2D eigenvalue weighted by Crippen LogP contribution is 2.22. The molecule has 0 aliphatic rings. The van der Waals surface area contributed by atoms with Crippen LogP contribution in [0, 0.1) is 0 Å². The van der Waals surface area contributed by atoms with Crippen LogP contribution in [0.15, 0.2) is 35.3 Å². The summed E-state index contributed by atoms with van der Waals surface area (Å²) in [7, 11) is 1.82.